The summed E-state index contributed by atoms with van der Waals surface area (Å²) in [6.45, 7) is 1.98. The van der Waals surface area contributed by atoms with Gasteiger partial charge < -0.3 is 15.5 Å². The fourth-order valence-corrected chi connectivity index (χ4v) is 2.88. The minimum Gasteiger partial charge on any atom is -0.469 e. The number of hydrogen-bond acceptors (Lipinski definition) is 5. The molecule has 0 saturated heterocycles. The minimum absolute atomic E-state index is 0.0678. The second-order valence-corrected chi connectivity index (χ2v) is 6.80. The van der Waals surface area contributed by atoms with E-state index < -0.39 is 9.84 Å². The quantitative estimate of drug-likeness (QED) is 0.826. The molecule has 2 aromatic rings. The van der Waals surface area contributed by atoms with Crippen LogP contribution in [0.1, 0.15) is 12.7 Å². The maximum absolute atomic E-state index is 11.6. The lowest BCUT2D eigenvalue weighted by atomic mass is 10.1. The largest absolute Gasteiger partial charge is 0.469 e. The van der Waals surface area contributed by atoms with E-state index in [0.717, 1.165) is 12.0 Å². The van der Waals surface area contributed by atoms with Crippen molar-refractivity contribution in [2.75, 3.05) is 17.3 Å². The molecule has 5 nitrogen and oxygen atoms in total. The van der Waals surface area contributed by atoms with Crippen molar-refractivity contribution in [2.24, 2.45) is 0 Å². The van der Waals surface area contributed by atoms with Gasteiger partial charge in [-0.05, 0) is 31.2 Å². The molecule has 0 saturated carbocycles. The van der Waals surface area contributed by atoms with Gasteiger partial charge in [-0.3, -0.25) is 0 Å². The fourth-order valence-electron chi connectivity index (χ4n) is 2.04. The number of nitrogens with two attached hydrogens (primary N) is 1. The number of anilines is 2. The predicted molar refractivity (Wildman–Crippen MR) is 79.5 cm³/mol. The molecule has 0 bridgehead atoms. The number of nitrogen functional groups attached to an aromatic ring is 1. The molecule has 3 N–H and O–H groups in total. The van der Waals surface area contributed by atoms with Crippen LogP contribution in [0.4, 0.5) is 11.4 Å². The van der Waals surface area contributed by atoms with Crippen molar-refractivity contribution in [1.29, 1.82) is 0 Å². The van der Waals surface area contributed by atoms with Crippen LogP contribution in [-0.2, 0) is 16.3 Å². The van der Waals surface area contributed by atoms with Gasteiger partial charge in [-0.25, -0.2) is 8.42 Å². The highest BCUT2D eigenvalue weighted by Gasteiger charge is 2.15. The van der Waals surface area contributed by atoms with Crippen LogP contribution < -0.4 is 11.1 Å². The molecule has 1 atom stereocenters. The summed E-state index contributed by atoms with van der Waals surface area (Å²) in [5, 5.41) is 3.21. The Bertz CT molecular complexity index is 678. The van der Waals surface area contributed by atoms with Crippen LogP contribution in [0, 0.1) is 0 Å². The molecule has 6 heteroatoms. The summed E-state index contributed by atoms with van der Waals surface area (Å²) in [6, 6.07) is 8.75. The average molecular weight is 294 g/mol. The normalized spacial score (nSPS) is 13.1. The van der Waals surface area contributed by atoms with E-state index in [2.05, 4.69) is 5.32 Å². The Hall–Kier alpha value is -1.95. The third-order valence-corrected chi connectivity index (χ3v) is 4.11. The standard InChI is InChI=1S/C14H18N2O3S/c1-10(9-11-5-4-8-19-11)16-12-6-3-7-13(14(12)15)20(2,17)18/h3-8,10,16H,9,15H2,1-2H3. The smallest absolute Gasteiger partial charge is 0.177 e. The van der Waals surface area contributed by atoms with Gasteiger partial charge in [-0.1, -0.05) is 6.07 Å². The molecule has 0 radical (unpaired) electrons. The molecule has 0 fully saturated rings. The first kappa shape index (κ1) is 14.5. The van der Waals surface area contributed by atoms with Gasteiger partial charge in [0.25, 0.3) is 0 Å². The zero-order chi connectivity index (χ0) is 14.8. The second-order valence-electron chi connectivity index (χ2n) is 4.82. The first-order valence-electron chi connectivity index (χ1n) is 6.25. The number of sulfone groups is 1. The third-order valence-electron chi connectivity index (χ3n) is 2.95. The average Bonchev–Trinajstić information content (AvgIpc) is 2.83. The van der Waals surface area contributed by atoms with Gasteiger partial charge in [0, 0.05) is 18.7 Å². The molecule has 20 heavy (non-hydrogen) atoms. The summed E-state index contributed by atoms with van der Waals surface area (Å²) in [6.07, 6.45) is 3.46. The van der Waals surface area contributed by atoms with Gasteiger partial charge in [0.1, 0.15) is 5.76 Å². The Morgan fingerprint density at radius 3 is 2.65 bits per heavy atom. The maximum Gasteiger partial charge on any atom is 0.177 e. The molecule has 108 valence electrons. The van der Waals surface area contributed by atoms with E-state index in [0.29, 0.717) is 12.1 Å². The summed E-state index contributed by atoms with van der Waals surface area (Å²) in [5.41, 5.74) is 6.79. The molecule has 0 aliphatic carbocycles. The molecular weight excluding hydrogens is 276 g/mol. The number of nitrogens with one attached hydrogen (secondary N) is 1. The van der Waals surface area contributed by atoms with Crippen molar-refractivity contribution in [3.8, 4) is 0 Å². The zero-order valence-electron chi connectivity index (χ0n) is 11.5. The van der Waals surface area contributed by atoms with E-state index in [-0.39, 0.29) is 16.6 Å². The van der Waals surface area contributed by atoms with Crippen molar-refractivity contribution in [1.82, 2.24) is 0 Å². The zero-order valence-corrected chi connectivity index (χ0v) is 12.3. The number of para-hydroxylation sites is 1. The monoisotopic (exact) mass is 294 g/mol. The lowest BCUT2D eigenvalue weighted by Crippen LogP contribution is -2.19. The van der Waals surface area contributed by atoms with Crippen molar-refractivity contribution in [2.45, 2.75) is 24.3 Å². The van der Waals surface area contributed by atoms with Crippen LogP contribution in [0.2, 0.25) is 0 Å². The fraction of sp³-hybridized carbons (Fsp3) is 0.286. The van der Waals surface area contributed by atoms with Crippen LogP contribution in [0.3, 0.4) is 0 Å². The van der Waals surface area contributed by atoms with Gasteiger partial charge in [0.2, 0.25) is 0 Å². The molecule has 1 heterocycles. The summed E-state index contributed by atoms with van der Waals surface area (Å²) in [4.78, 5) is 0.146. The highest BCUT2D eigenvalue weighted by Crippen LogP contribution is 2.27. The van der Waals surface area contributed by atoms with Crippen LogP contribution in [0.25, 0.3) is 0 Å². The third kappa shape index (κ3) is 3.33. The Morgan fingerprint density at radius 2 is 2.05 bits per heavy atom. The van der Waals surface area contributed by atoms with Gasteiger partial charge in [0.05, 0.1) is 22.5 Å². The first-order valence-corrected chi connectivity index (χ1v) is 8.14. The molecule has 1 aromatic heterocycles. The van der Waals surface area contributed by atoms with Gasteiger partial charge in [-0.15, -0.1) is 0 Å². The van der Waals surface area contributed by atoms with E-state index in [1.807, 2.05) is 19.1 Å². The van der Waals surface area contributed by atoms with Crippen LogP contribution in [0.15, 0.2) is 45.9 Å². The predicted octanol–water partition coefficient (Wildman–Crippen LogP) is 2.31. The molecule has 1 unspecified atom stereocenters. The van der Waals surface area contributed by atoms with Gasteiger partial charge in [0.15, 0.2) is 9.84 Å². The maximum atomic E-state index is 11.6. The molecule has 1 aromatic carbocycles. The van der Waals surface area contributed by atoms with Crippen molar-refractivity contribution in [3.63, 3.8) is 0 Å². The lowest BCUT2D eigenvalue weighted by Gasteiger charge is -2.17. The summed E-state index contributed by atoms with van der Waals surface area (Å²) >= 11 is 0. The number of furan rings is 1. The number of benzene rings is 1. The van der Waals surface area contributed by atoms with Crippen molar-refractivity contribution < 1.29 is 12.8 Å². The van der Waals surface area contributed by atoms with E-state index >= 15 is 0 Å². The Labute approximate surface area is 118 Å². The van der Waals surface area contributed by atoms with Gasteiger partial charge in [-0.2, -0.15) is 0 Å². The van der Waals surface area contributed by atoms with E-state index in [9.17, 15) is 8.42 Å². The topological polar surface area (TPSA) is 85.3 Å². The molecule has 0 amide bonds. The number of rotatable bonds is 5. The highest BCUT2D eigenvalue weighted by molar-refractivity contribution is 7.90. The molecule has 0 aliphatic rings. The second kappa shape index (κ2) is 5.58. The van der Waals surface area contributed by atoms with Crippen molar-refractivity contribution in [3.05, 3.63) is 42.4 Å². The Kier molecular flexibility index (Phi) is 4.04. The first-order chi connectivity index (χ1) is 9.38. The Balaban J connectivity index is 2.17. The van der Waals surface area contributed by atoms with Crippen molar-refractivity contribution >= 4 is 21.2 Å². The summed E-state index contributed by atoms with van der Waals surface area (Å²) < 4.78 is 28.5. The summed E-state index contributed by atoms with van der Waals surface area (Å²) in [7, 11) is -3.33. The molecular formula is C14H18N2O3S. The van der Waals surface area contributed by atoms with E-state index in [4.69, 9.17) is 10.2 Å². The van der Waals surface area contributed by atoms with E-state index in [1.54, 1.807) is 18.4 Å². The Morgan fingerprint density at radius 1 is 1.30 bits per heavy atom. The lowest BCUT2D eigenvalue weighted by molar-refractivity contribution is 0.498. The molecule has 2 rings (SSSR count). The SMILES string of the molecule is CC(Cc1ccco1)Nc1cccc(S(C)(=O)=O)c1N. The van der Waals surface area contributed by atoms with Crippen LogP contribution in [0.5, 0.6) is 0 Å². The van der Waals surface area contributed by atoms with Crippen LogP contribution in [-0.4, -0.2) is 20.7 Å². The van der Waals surface area contributed by atoms with E-state index in [1.165, 1.54) is 6.07 Å². The minimum atomic E-state index is -3.33. The molecule has 0 spiro atoms. The highest BCUT2D eigenvalue weighted by atomic mass is 32.2. The summed E-state index contributed by atoms with van der Waals surface area (Å²) in [5.74, 6) is 0.864. The van der Waals surface area contributed by atoms with Crippen LogP contribution >= 0.6 is 0 Å². The van der Waals surface area contributed by atoms with Gasteiger partial charge >= 0.3 is 0 Å². The number of hydrogen-bond donors (Lipinski definition) is 2. The molecule has 0 aliphatic heterocycles.